The minimum Gasteiger partial charge on any atom is -0.381 e. The van der Waals surface area contributed by atoms with Crippen LogP contribution < -0.4 is 10.6 Å². The number of ether oxygens (including phenoxy) is 1. The summed E-state index contributed by atoms with van der Waals surface area (Å²) >= 11 is 1.28. The van der Waals surface area contributed by atoms with Gasteiger partial charge in [0.2, 0.25) is 10.1 Å². The molecular formula is C11H18N4O2S. The van der Waals surface area contributed by atoms with Gasteiger partial charge in [0.25, 0.3) is 5.91 Å². The van der Waals surface area contributed by atoms with Crippen LogP contribution >= 0.6 is 11.3 Å². The lowest BCUT2D eigenvalue weighted by Crippen LogP contribution is -2.32. The summed E-state index contributed by atoms with van der Waals surface area (Å²) in [5.41, 5.74) is 0. The van der Waals surface area contributed by atoms with E-state index in [0.717, 1.165) is 32.6 Å². The Balaban J connectivity index is 1.79. The van der Waals surface area contributed by atoms with Crippen LogP contribution in [0.4, 0.5) is 5.13 Å². The molecule has 1 saturated heterocycles. The Labute approximate surface area is 110 Å². The van der Waals surface area contributed by atoms with Crippen molar-refractivity contribution in [1.29, 1.82) is 0 Å². The summed E-state index contributed by atoms with van der Waals surface area (Å²) in [6.45, 7) is 5.04. The highest BCUT2D eigenvalue weighted by Gasteiger charge is 2.17. The van der Waals surface area contributed by atoms with Crippen molar-refractivity contribution in [3.8, 4) is 0 Å². The van der Waals surface area contributed by atoms with Crippen molar-refractivity contribution in [3.63, 3.8) is 0 Å². The predicted octanol–water partition coefficient (Wildman–Crippen LogP) is 1.13. The number of carbonyl (C=O) groups excluding carboxylic acids is 1. The molecule has 2 rings (SSSR count). The van der Waals surface area contributed by atoms with E-state index in [-0.39, 0.29) is 5.91 Å². The summed E-state index contributed by atoms with van der Waals surface area (Å²) in [4.78, 5) is 11.8. The molecule has 0 bridgehead atoms. The van der Waals surface area contributed by atoms with E-state index in [0.29, 0.717) is 22.6 Å². The molecular weight excluding hydrogens is 252 g/mol. The fourth-order valence-corrected chi connectivity index (χ4v) is 2.53. The second-order valence-electron chi connectivity index (χ2n) is 4.21. The number of anilines is 1. The molecule has 1 aliphatic heterocycles. The smallest absolute Gasteiger partial charge is 0.282 e. The summed E-state index contributed by atoms with van der Waals surface area (Å²) in [7, 11) is 0. The molecule has 0 radical (unpaired) electrons. The maximum absolute atomic E-state index is 11.8. The van der Waals surface area contributed by atoms with Crippen molar-refractivity contribution in [2.24, 2.45) is 5.92 Å². The van der Waals surface area contributed by atoms with E-state index in [4.69, 9.17) is 4.74 Å². The largest absolute Gasteiger partial charge is 0.381 e. The zero-order valence-corrected chi connectivity index (χ0v) is 11.3. The van der Waals surface area contributed by atoms with E-state index in [1.807, 2.05) is 6.92 Å². The second kappa shape index (κ2) is 6.65. The molecule has 0 aliphatic carbocycles. The number of hydrogen-bond acceptors (Lipinski definition) is 6. The Hall–Kier alpha value is -1.21. The first kappa shape index (κ1) is 13.2. The lowest BCUT2D eigenvalue weighted by Gasteiger charge is -2.21. The van der Waals surface area contributed by atoms with E-state index in [1.165, 1.54) is 11.3 Å². The summed E-state index contributed by atoms with van der Waals surface area (Å²) in [5.74, 6) is 0.381. The van der Waals surface area contributed by atoms with Gasteiger partial charge in [0.05, 0.1) is 0 Å². The normalized spacial score (nSPS) is 16.5. The lowest BCUT2D eigenvalue weighted by molar-refractivity contribution is 0.0642. The van der Waals surface area contributed by atoms with Crippen molar-refractivity contribution in [3.05, 3.63) is 5.01 Å². The third kappa shape index (κ3) is 3.64. The van der Waals surface area contributed by atoms with Gasteiger partial charge in [0, 0.05) is 26.3 Å². The number of nitrogens with one attached hydrogen (secondary N) is 2. The first-order valence-electron chi connectivity index (χ1n) is 6.23. The fourth-order valence-electron chi connectivity index (χ4n) is 1.80. The third-order valence-corrected chi connectivity index (χ3v) is 3.72. The van der Waals surface area contributed by atoms with E-state index < -0.39 is 0 Å². The van der Waals surface area contributed by atoms with Gasteiger partial charge in [-0.05, 0) is 25.7 Å². The molecule has 1 fully saturated rings. The third-order valence-electron chi connectivity index (χ3n) is 2.84. The molecule has 2 heterocycles. The van der Waals surface area contributed by atoms with E-state index in [1.54, 1.807) is 0 Å². The lowest BCUT2D eigenvalue weighted by atomic mass is 10.0. The second-order valence-corrected chi connectivity index (χ2v) is 5.19. The molecule has 0 unspecified atom stereocenters. The number of amides is 1. The van der Waals surface area contributed by atoms with E-state index in [2.05, 4.69) is 20.8 Å². The quantitative estimate of drug-likeness (QED) is 0.838. The molecule has 100 valence electrons. The first-order chi connectivity index (χ1) is 8.79. The summed E-state index contributed by atoms with van der Waals surface area (Å²) < 4.78 is 5.28. The molecule has 1 aromatic heterocycles. The number of hydrogen-bond donors (Lipinski definition) is 2. The van der Waals surface area contributed by atoms with Gasteiger partial charge in [-0.1, -0.05) is 11.3 Å². The van der Waals surface area contributed by atoms with Gasteiger partial charge in [0.15, 0.2) is 0 Å². The van der Waals surface area contributed by atoms with Gasteiger partial charge in [-0.2, -0.15) is 0 Å². The van der Waals surface area contributed by atoms with Gasteiger partial charge in [-0.15, -0.1) is 10.2 Å². The molecule has 0 atom stereocenters. The summed E-state index contributed by atoms with van der Waals surface area (Å²) in [6.07, 6.45) is 2.03. The Kier molecular flexibility index (Phi) is 4.89. The van der Waals surface area contributed by atoms with Crippen LogP contribution in [0.15, 0.2) is 0 Å². The summed E-state index contributed by atoms with van der Waals surface area (Å²) in [6, 6.07) is 0. The molecule has 18 heavy (non-hydrogen) atoms. The zero-order valence-electron chi connectivity index (χ0n) is 10.4. The highest BCUT2D eigenvalue weighted by molar-refractivity contribution is 7.17. The Morgan fingerprint density at radius 2 is 2.22 bits per heavy atom. The van der Waals surface area contributed by atoms with Crippen molar-refractivity contribution < 1.29 is 9.53 Å². The minimum absolute atomic E-state index is 0.136. The maximum atomic E-state index is 11.8. The Bertz CT molecular complexity index is 390. The van der Waals surface area contributed by atoms with E-state index >= 15 is 0 Å². The highest BCUT2D eigenvalue weighted by atomic mass is 32.1. The number of nitrogens with zero attached hydrogens (tertiary/aromatic N) is 2. The average molecular weight is 270 g/mol. The predicted molar refractivity (Wildman–Crippen MR) is 69.9 cm³/mol. The highest BCUT2D eigenvalue weighted by Crippen LogP contribution is 2.16. The monoisotopic (exact) mass is 270 g/mol. The van der Waals surface area contributed by atoms with Crippen LogP contribution in [-0.4, -0.2) is 42.4 Å². The average Bonchev–Trinajstić information content (AvgIpc) is 2.86. The van der Waals surface area contributed by atoms with Crippen LogP contribution in [0.1, 0.15) is 29.6 Å². The van der Waals surface area contributed by atoms with E-state index in [9.17, 15) is 4.79 Å². The van der Waals surface area contributed by atoms with Crippen molar-refractivity contribution in [2.45, 2.75) is 19.8 Å². The minimum atomic E-state index is -0.136. The van der Waals surface area contributed by atoms with Crippen molar-refractivity contribution in [2.75, 3.05) is 31.6 Å². The molecule has 0 aromatic carbocycles. The van der Waals surface area contributed by atoms with Crippen LogP contribution in [0.2, 0.25) is 0 Å². The van der Waals surface area contributed by atoms with Crippen molar-refractivity contribution in [1.82, 2.24) is 15.5 Å². The Morgan fingerprint density at radius 3 is 2.94 bits per heavy atom. The fraction of sp³-hybridized carbons (Fsp3) is 0.727. The maximum Gasteiger partial charge on any atom is 0.282 e. The van der Waals surface area contributed by atoms with Crippen LogP contribution in [0.25, 0.3) is 0 Å². The Morgan fingerprint density at radius 1 is 1.44 bits per heavy atom. The van der Waals surface area contributed by atoms with Gasteiger partial charge in [0.1, 0.15) is 0 Å². The van der Waals surface area contributed by atoms with Gasteiger partial charge in [-0.3, -0.25) is 4.79 Å². The standard InChI is InChI=1S/C11H18N4O2S/c1-2-12-11-15-14-10(18-11)9(16)13-7-8-3-5-17-6-4-8/h8H,2-7H2,1H3,(H,12,15)(H,13,16). The molecule has 7 heteroatoms. The zero-order chi connectivity index (χ0) is 12.8. The molecule has 0 saturated carbocycles. The number of rotatable bonds is 5. The van der Waals surface area contributed by atoms with Crippen LogP contribution in [0, 0.1) is 5.92 Å². The van der Waals surface area contributed by atoms with Crippen LogP contribution in [0.5, 0.6) is 0 Å². The summed E-state index contributed by atoms with van der Waals surface area (Å²) in [5, 5.41) is 14.8. The topological polar surface area (TPSA) is 76.1 Å². The number of aromatic nitrogens is 2. The molecule has 6 nitrogen and oxygen atoms in total. The SMILES string of the molecule is CCNc1nnc(C(=O)NCC2CCOCC2)s1. The van der Waals surface area contributed by atoms with Crippen LogP contribution in [-0.2, 0) is 4.74 Å². The molecule has 0 spiro atoms. The first-order valence-corrected chi connectivity index (χ1v) is 7.04. The molecule has 1 aliphatic rings. The van der Waals surface area contributed by atoms with Gasteiger partial charge >= 0.3 is 0 Å². The van der Waals surface area contributed by atoms with Crippen LogP contribution in [0.3, 0.4) is 0 Å². The molecule has 1 aromatic rings. The molecule has 1 amide bonds. The van der Waals surface area contributed by atoms with Crippen molar-refractivity contribution >= 4 is 22.4 Å². The van der Waals surface area contributed by atoms with Gasteiger partial charge < -0.3 is 15.4 Å². The number of carbonyl (C=O) groups is 1. The molecule has 2 N–H and O–H groups in total. The van der Waals surface area contributed by atoms with Gasteiger partial charge in [-0.25, -0.2) is 0 Å².